The van der Waals surface area contributed by atoms with E-state index in [1.54, 1.807) is 0 Å². The Labute approximate surface area is 155 Å². The van der Waals surface area contributed by atoms with Gasteiger partial charge in [-0.1, -0.05) is 13.8 Å². The molecule has 0 spiro atoms. The first-order chi connectivity index (χ1) is 12.0. The summed E-state index contributed by atoms with van der Waals surface area (Å²) in [7, 11) is 2.73. The third-order valence-electron chi connectivity index (χ3n) is 2.23. The molecule has 0 heterocycles. The van der Waals surface area contributed by atoms with E-state index in [-0.39, 0.29) is 12.5 Å². The summed E-state index contributed by atoms with van der Waals surface area (Å²) in [6.07, 6.45) is 0. The Balaban J connectivity index is 0. The molecule has 1 atom stereocenters. The number of hydrogen-bond donors (Lipinski definition) is 1. The Morgan fingerprint density at radius 3 is 1.84 bits per heavy atom. The minimum atomic E-state index is -2.83. The van der Waals surface area contributed by atoms with Gasteiger partial charge in [0.1, 0.15) is 0 Å². The molecule has 0 aromatic rings. The van der Waals surface area contributed by atoms with Gasteiger partial charge in [-0.05, 0) is 11.8 Å². The van der Waals surface area contributed by atoms with Crippen molar-refractivity contribution in [2.24, 2.45) is 0 Å². The van der Waals surface area contributed by atoms with Crippen molar-refractivity contribution >= 4 is 24.4 Å². The van der Waals surface area contributed by atoms with Gasteiger partial charge >= 0.3 is 6.72 Å². The molecule has 25 heavy (non-hydrogen) atoms. The van der Waals surface area contributed by atoms with Crippen molar-refractivity contribution in [2.75, 3.05) is 67.0 Å². The van der Waals surface area contributed by atoms with Crippen LogP contribution in [0.25, 0.3) is 0 Å². The normalized spacial score (nSPS) is 12.8. The van der Waals surface area contributed by atoms with Crippen LogP contribution in [0.2, 0.25) is 0 Å². The molecule has 1 amide bonds. The molecular formula is C14H32NO8PS. The molecule has 0 aromatic heterocycles. The van der Waals surface area contributed by atoms with Crippen LogP contribution in [0, 0.1) is 0 Å². The van der Waals surface area contributed by atoms with Gasteiger partial charge < -0.3 is 28.6 Å². The van der Waals surface area contributed by atoms with Crippen molar-refractivity contribution in [2.45, 2.75) is 20.8 Å². The molecule has 0 saturated carbocycles. The predicted octanol–water partition coefficient (Wildman–Crippen LogP) is 1.66. The summed E-state index contributed by atoms with van der Waals surface area (Å²) in [6.45, 7) is 5.98. The minimum Gasteiger partial charge on any atom is -0.377 e. The van der Waals surface area contributed by atoms with Crippen LogP contribution < -0.4 is 5.32 Å². The van der Waals surface area contributed by atoms with Crippen molar-refractivity contribution in [1.29, 1.82) is 0 Å². The Bertz CT molecular complexity index is 349. The quantitative estimate of drug-likeness (QED) is 0.178. The van der Waals surface area contributed by atoms with Crippen LogP contribution in [0.4, 0.5) is 0 Å². The number of hydrogen-bond acceptors (Lipinski definition) is 9. The fourth-order valence-electron chi connectivity index (χ4n) is 1.25. The Kier molecular flexibility index (Phi) is 21.8. The lowest BCUT2D eigenvalue weighted by Crippen LogP contribution is -2.25. The molecule has 0 fully saturated rings. The highest BCUT2D eigenvalue weighted by Gasteiger charge is 2.19. The first-order valence-electron chi connectivity index (χ1n) is 8.04. The molecule has 152 valence electrons. The number of nitrogens with one attached hydrogen (secondary N) is 1. The maximum atomic E-state index is 10.6. The third kappa shape index (κ3) is 20.0. The summed E-state index contributed by atoms with van der Waals surface area (Å²) in [6, 6.07) is 0. The van der Waals surface area contributed by atoms with Crippen LogP contribution >= 0.6 is 6.72 Å². The maximum Gasteiger partial charge on any atom is 0.355 e. The Morgan fingerprint density at radius 1 is 0.920 bits per heavy atom. The summed E-state index contributed by atoms with van der Waals surface area (Å²) in [4.78, 5) is 15.1. The maximum absolute atomic E-state index is 10.6. The zero-order valence-electron chi connectivity index (χ0n) is 15.8. The van der Waals surface area contributed by atoms with Crippen LogP contribution in [0.3, 0.4) is 0 Å². The average Bonchev–Trinajstić information content (AvgIpc) is 2.60. The van der Waals surface area contributed by atoms with E-state index in [0.717, 1.165) is 0 Å². The van der Waals surface area contributed by atoms with Crippen LogP contribution in [-0.2, 0) is 49.4 Å². The number of rotatable bonds is 16. The van der Waals surface area contributed by atoms with Crippen LogP contribution in [-0.4, -0.2) is 72.9 Å². The molecule has 1 unspecified atom stereocenters. The number of carbonyl (C=O) groups excluding carboxylic acids is 1. The van der Waals surface area contributed by atoms with Crippen LogP contribution in [0.15, 0.2) is 0 Å². The lowest BCUT2D eigenvalue weighted by molar-refractivity contribution is -0.190. The fraction of sp³-hybridized carbons (Fsp3) is 0.929. The van der Waals surface area contributed by atoms with Gasteiger partial charge in [0.05, 0.1) is 53.4 Å². The molecule has 0 aliphatic rings. The molecule has 0 aliphatic heterocycles. The zero-order valence-corrected chi connectivity index (χ0v) is 17.5. The molecule has 11 heteroatoms. The monoisotopic (exact) mass is 405 g/mol. The van der Waals surface area contributed by atoms with Gasteiger partial charge in [0, 0.05) is 20.6 Å². The summed E-state index contributed by atoms with van der Waals surface area (Å²) in [5.41, 5.74) is 0. The number of ether oxygens (including phenoxy) is 3. The predicted molar refractivity (Wildman–Crippen MR) is 97.8 cm³/mol. The van der Waals surface area contributed by atoms with E-state index in [0.29, 0.717) is 46.2 Å². The third-order valence-corrected chi connectivity index (χ3v) is 4.45. The highest BCUT2D eigenvalue weighted by atomic mass is 32.5. The minimum absolute atomic E-state index is 0.0688. The summed E-state index contributed by atoms with van der Waals surface area (Å²) < 4.78 is 30.8. The van der Waals surface area contributed by atoms with E-state index < -0.39 is 6.72 Å². The molecule has 0 rings (SSSR count). The molecule has 0 bridgehead atoms. The first-order valence-corrected chi connectivity index (χ1v) is 10.6. The SMILES string of the molecule is CC.COOP(=S)(OC)OCCOCCOCCOCCNC(C)=O. The van der Waals surface area contributed by atoms with Crippen molar-refractivity contribution in [1.82, 2.24) is 5.32 Å². The summed E-state index contributed by atoms with van der Waals surface area (Å²) >= 11 is 5.00. The van der Waals surface area contributed by atoms with Crippen molar-refractivity contribution in [3.63, 3.8) is 0 Å². The second-order valence-corrected chi connectivity index (χ2v) is 7.03. The standard InChI is InChI=1S/C12H26NO8PS.C2H6/c1-12(14)13-4-5-17-6-7-18-8-9-19-10-11-20-22(23,16-3)21-15-2;1-2/h4-11H2,1-3H3,(H,13,14);1-2H3. The Hall–Kier alpha value is -0.160. The number of amides is 1. The lowest BCUT2D eigenvalue weighted by Gasteiger charge is -2.17. The van der Waals surface area contributed by atoms with Gasteiger partial charge in [-0.2, -0.15) is 0 Å². The van der Waals surface area contributed by atoms with Gasteiger partial charge in [-0.15, -0.1) is 4.67 Å². The molecule has 0 radical (unpaired) electrons. The summed E-state index contributed by atoms with van der Waals surface area (Å²) in [5, 5.41) is 2.63. The summed E-state index contributed by atoms with van der Waals surface area (Å²) in [5.74, 6) is -0.0688. The average molecular weight is 405 g/mol. The highest BCUT2D eigenvalue weighted by Crippen LogP contribution is 2.48. The van der Waals surface area contributed by atoms with Crippen molar-refractivity contribution in [3.05, 3.63) is 0 Å². The highest BCUT2D eigenvalue weighted by molar-refractivity contribution is 8.07. The number of carbonyl (C=O) groups is 1. The van der Waals surface area contributed by atoms with Crippen LogP contribution in [0.5, 0.6) is 0 Å². The topological polar surface area (TPSA) is 93.7 Å². The molecule has 9 nitrogen and oxygen atoms in total. The second-order valence-electron chi connectivity index (χ2n) is 4.02. The van der Waals surface area contributed by atoms with Gasteiger partial charge in [-0.3, -0.25) is 4.79 Å². The molecule has 0 aliphatic carbocycles. The smallest absolute Gasteiger partial charge is 0.355 e. The molecular weight excluding hydrogens is 373 g/mol. The van der Waals surface area contributed by atoms with E-state index in [4.69, 9.17) is 39.7 Å². The fourth-order valence-corrected chi connectivity index (χ4v) is 2.34. The second kappa shape index (κ2) is 20.2. The van der Waals surface area contributed by atoms with Gasteiger partial charge in [-0.25, -0.2) is 4.89 Å². The Morgan fingerprint density at radius 2 is 1.40 bits per heavy atom. The van der Waals surface area contributed by atoms with E-state index in [1.165, 1.54) is 21.1 Å². The lowest BCUT2D eigenvalue weighted by atomic mass is 10.6. The van der Waals surface area contributed by atoms with Crippen molar-refractivity contribution < 1.29 is 37.6 Å². The van der Waals surface area contributed by atoms with E-state index in [2.05, 4.69) is 10.2 Å². The largest absolute Gasteiger partial charge is 0.377 e. The zero-order chi connectivity index (χ0) is 19.4. The van der Waals surface area contributed by atoms with Gasteiger partial charge in [0.15, 0.2) is 0 Å². The van der Waals surface area contributed by atoms with Gasteiger partial charge in [0.25, 0.3) is 0 Å². The van der Waals surface area contributed by atoms with E-state index in [1.807, 2.05) is 13.8 Å². The van der Waals surface area contributed by atoms with Crippen LogP contribution in [0.1, 0.15) is 20.8 Å². The van der Waals surface area contributed by atoms with E-state index in [9.17, 15) is 4.79 Å². The molecule has 0 saturated heterocycles. The van der Waals surface area contributed by atoms with E-state index >= 15 is 0 Å². The molecule has 0 aromatic carbocycles. The van der Waals surface area contributed by atoms with Gasteiger partial charge in [0.2, 0.25) is 5.91 Å². The molecule has 1 N–H and O–H groups in total. The van der Waals surface area contributed by atoms with Crippen molar-refractivity contribution in [3.8, 4) is 0 Å². The first kappa shape index (κ1) is 27.1.